The Kier molecular flexibility index (Phi) is 6.41. The first-order valence-corrected chi connectivity index (χ1v) is 9.24. The summed E-state index contributed by atoms with van der Waals surface area (Å²) in [6.07, 6.45) is 4.06. The molecule has 1 aliphatic carbocycles. The molecule has 6 nitrogen and oxygen atoms in total. The van der Waals surface area contributed by atoms with E-state index in [2.05, 4.69) is 10.3 Å². The number of ether oxygens (including phenoxy) is 1. The Labute approximate surface area is 158 Å². The number of rotatable bonds is 7. The highest BCUT2D eigenvalue weighted by Gasteiger charge is 2.29. The van der Waals surface area contributed by atoms with E-state index >= 15 is 0 Å². The topological polar surface area (TPSA) is 88.5 Å². The third kappa shape index (κ3) is 5.54. The van der Waals surface area contributed by atoms with Gasteiger partial charge in [0.2, 0.25) is 11.8 Å². The van der Waals surface area contributed by atoms with Crippen LogP contribution < -0.4 is 10.1 Å². The van der Waals surface area contributed by atoms with E-state index in [1.54, 1.807) is 6.20 Å². The molecule has 0 spiro atoms. The molecule has 1 aromatic heterocycles. The molecule has 0 aliphatic heterocycles. The molecule has 1 aromatic carbocycles. The highest BCUT2D eigenvalue weighted by Crippen LogP contribution is 2.29. The van der Waals surface area contributed by atoms with Gasteiger partial charge < -0.3 is 15.2 Å². The van der Waals surface area contributed by atoms with Gasteiger partial charge in [0.25, 0.3) is 0 Å². The number of nitrogens with one attached hydrogen (secondary N) is 1. The van der Waals surface area contributed by atoms with Crippen LogP contribution in [-0.4, -0.2) is 22.0 Å². The van der Waals surface area contributed by atoms with Crippen LogP contribution in [0.2, 0.25) is 0 Å². The summed E-state index contributed by atoms with van der Waals surface area (Å²) in [4.78, 5) is 27.5. The smallest absolute Gasteiger partial charge is 0.306 e. The molecule has 0 radical (unpaired) electrons. The summed E-state index contributed by atoms with van der Waals surface area (Å²) in [5.41, 5.74) is 1.98. The molecule has 1 amide bonds. The molecule has 0 atom stereocenters. The number of hydrogen-bond donors (Lipinski definition) is 2. The summed E-state index contributed by atoms with van der Waals surface area (Å²) < 4.78 is 5.71. The van der Waals surface area contributed by atoms with E-state index in [4.69, 9.17) is 9.84 Å². The summed E-state index contributed by atoms with van der Waals surface area (Å²) in [6.45, 7) is 0.846. The number of pyridine rings is 1. The lowest BCUT2D eigenvalue weighted by Gasteiger charge is -2.25. The minimum Gasteiger partial charge on any atom is -0.481 e. The average molecular weight is 368 g/mol. The molecule has 1 aliphatic rings. The quantitative estimate of drug-likeness (QED) is 0.784. The van der Waals surface area contributed by atoms with Crippen molar-refractivity contribution in [3.05, 3.63) is 59.8 Å². The predicted octanol–water partition coefficient (Wildman–Crippen LogP) is 3.17. The van der Waals surface area contributed by atoms with Crippen LogP contribution in [0.15, 0.2) is 48.7 Å². The number of carbonyl (C=O) groups is 2. The van der Waals surface area contributed by atoms with Crippen molar-refractivity contribution in [1.29, 1.82) is 0 Å². The van der Waals surface area contributed by atoms with Crippen molar-refractivity contribution in [1.82, 2.24) is 10.3 Å². The molecule has 1 saturated carbocycles. The minimum atomic E-state index is -0.756. The van der Waals surface area contributed by atoms with E-state index in [9.17, 15) is 9.59 Å². The zero-order valence-electron chi connectivity index (χ0n) is 15.1. The third-order valence-corrected chi connectivity index (χ3v) is 4.94. The van der Waals surface area contributed by atoms with Gasteiger partial charge in [-0.25, -0.2) is 4.98 Å². The minimum absolute atomic E-state index is 0.0117. The second kappa shape index (κ2) is 9.16. The van der Waals surface area contributed by atoms with Gasteiger partial charge >= 0.3 is 5.97 Å². The van der Waals surface area contributed by atoms with Gasteiger partial charge in [0.05, 0.1) is 5.92 Å². The molecule has 27 heavy (non-hydrogen) atoms. The first kappa shape index (κ1) is 18.9. The Hall–Kier alpha value is -2.89. The van der Waals surface area contributed by atoms with Crippen LogP contribution in [-0.2, 0) is 22.7 Å². The zero-order chi connectivity index (χ0) is 19.1. The lowest BCUT2D eigenvalue weighted by atomic mass is 9.81. The van der Waals surface area contributed by atoms with Crippen molar-refractivity contribution in [2.24, 2.45) is 11.8 Å². The van der Waals surface area contributed by atoms with Gasteiger partial charge in [-0.15, -0.1) is 0 Å². The summed E-state index contributed by atoms with van der Waals surface area (Å²) in [7, 11) is 0. The van der Waals surface area contributed by atoms with Gasteiger partial charge in [0.15, 0.2) is 0 Å². The maximum atomic E-state index is 12.3. The highest BCUT2D eigenvalue weighted by molar-refractivity contribution is 5.79. The van der Waals surface area contributed by atoms with Crippen LogP contribution in [0.25, 0.3) is 0 Å². The van der Waals surface area contributed by atoms with Gasteiger partial charge in [-0.2, -0.15) is 0 Å². The predicted molar refractivity (Wildman–Crippen MR) is 99.9 cm³/mol. The number of carboxylic acid groups (broad SMARTS) is 1. The molecule has 2 N–H and O–H groups in total. The van der Waals surface area contributed by atoms with Crippen LogP contribution in [0.1, 0.15) is 36.8 Å². The number of hydrogen-bond acceptors (Lipinski definition) is 4. The summed E-state index contributed by atoms with van der Waals surface area (Å²) >= 11 is 0. The number of amides is 1. The fourth-order valence-corrected chi connectivity index (χ4v) is 3.31. The fourth-order valence-electron chi connectivity index (χ4n) is 3.31. The Morgan fingerprint density at radius 1 is 1.04 bits per heavy atom. The van der Waals surface area contributed by atoms with Crippen LogP contribution in [0, 0.1) is 11.8 Å². The zero-order valence-corrected chi connectivity index (χ0v) is 15.1. The van der Waals surface area contributed by atoms with E-state index < -0.39 is 5.97 Å². The number of aromatic nitrogens is 1. The Balaban J connectivity index is 1.47. The van der Waals surface area contributed by atoms with Crippen molar-refractivity contribution in [3.8, 4) is 5.88 Å². The molecule has 0 bridgehead atoms. The van der Waals surface area contributed by atoms with Crippen LogP contribution in [0.4, 0.5) is 0 Å². The largest absolute Gasteiger partial charge is 0.481 e. The molecule has 0 saturated heterocycles. The number of carbonyl (C=O) groups excluding carboxylic acids is 1. The van der Waals surface area contributed by atoms with Gasteiger partial charge in [-0.1, -0.05) is 30.3 Å². The normalized spacial score (nSPS) is 19.3. The lowest BCUT2D eigenvalue weighted by molar-refractivity contribution is -0.144. The lowest BCUT2D eigenvalue weighted by Crippen LogP contribution is -2.34. The van der Waals surface area contributed by atoms with Crippen molar-refractivity contribution in [2.45, 2.75) is 38.8 Å². The van der Waals surface area contributed by atoms with Gasteiger partial charge in [0, 0.05) is 24.7 Å². The monoisotopic (exact) mass is 368 g/mol. The van der Waals surface area contributed by atoms with Crippen molar-refractivity contribution in [3.63, 3.8) is 0 Å². The number of benzene rings is 1. The van der Waals surface area contributed by atoms with E-state index in [-0.39, 0.29) is 17.7 Å². The number of carboxylic acids is 1. The number of nitrogens with zero attached hydrogens (tertiary/aromatic N) is 1. The SMILES string of the molecule is O=C(O)C1CCC(C(=O)NCc2ccnc(OCc3ccccc3)c2)CC1. The maximum absolute atomic E-state index is 12.3. The van der Waals surface area contributed by atoms with Crippen molar-refractivity contribution >= 4 is 11.9 Å². The van der Waals surface area contributed by atoms with Crippen molar-refractivity contribution < 1.29 is 19.4 Å². The summed E-state index contributed by atoms with van der Waals surface area (Å²) in [5, 5.41) is 12.0. The molecule has 6 heteroatoms. The molecular weight excluding hydrogens is 344 g/mol. The molecule has 1 heterocycles. The number of aliphatic carboxylic acids is 1. The summed E-state index contributed by atoms with van der Waals surface area (Å²) in [6, 6.07) is 13.5. The Morgan fingerprint density at radius 3 is 2.44 bits per heavy atom. The van der Waals surface area contributed by atoms with Crippen LogP contribution >= 0.6 is 0 Å². The fraction of sp³-hybridized carbons (Fsp3) is 0.381. The maximum Gasteiger partial charge on any atom is 0.306 e. The standard InChI is InChI=1S/C21H24N2O4/c24-20(17-6-8-18(9-7-17)21(25)26)23-13-16-10-11-22-19(12-16)27-14-15-4-2-1-3-5-15/h1-5,10-12,17-18H,6-9,13-14H2,(H,23,24)(H,25,26). The van der Waals surface area contributed by atoms with E-state index in [1.807, 2.05) is 42.5 Å². The highest BCUT2D eigenvalue weighted by atomic mass is 16.5. The second-order valence-corrected chi connectivity index (χ2v) is 6.88. The first-order chi connectivity index (χ1) is 13.1. The summed E-state index contributed by atoms with van der Waals surface area (Å²) in [5.74, 6) is -0.654. The molecule has 2 aromatic rings. The van der Waals surface area contributed by atoms with Crippen LogP contribution in [0.3, 0.4) is 0 Å². The van der Waals surface area contributed by atoms with E-state index in [0.717, 1.165) is 11.1 Å². The molecule has 0 unspecified atom stereocenters. The van der Waals surface area contributed by atoms with E-state index in [1.165, 1.54) is 0 Å². The van der Waals surface area contributed by atoms with Gasteiger partial charge in [-0.3, -0.25) is 9.59 Å². The Morgan fingerprint density at radius 2 is 1.74 bits per heavy atom. The van der Waals surface area contributed by atoms with Gasteiger partial charge in [-0.05, 0) is 42.9 Å². The van der Waals surface area contributed by atoms with E-state index in [0.29, 0.717) is 44.7 Å². The van der Waals surface area contributed by atoms with Crippen LogP contribution in [0.5, 0.6) is 5.88 Å². The van der Waals surface area contributed by atoms with Gasteiger partial charge in [0.1, 0.15) is 6.61 Å². The third-order valence-electron chi connectivity index (χ3n) is 4.94. The molecule has 142 valence electrons. The average Bonchev–Trinajstić information content (AvgIpc) is 2.71. The second-order valence-electron chi connectivity index (χ2n) is 6.88. The first-order valence-electron chi connectivity index (χ1n) is 9.24. The van der Waals surface area contributed by atoms with Crippen molar-refractivity contribution in [2.75, 3.05) is 0 Å². The molecule has 3 rings (SSSR count). The Bertz CT molecular complexity index is 771. The molecule has 1 fully saturated rings. The molecular formula is C21H24N2O4.